The van der Waals surface area contributed by atoms with Crippen molar-refractivity contribution in [3.63, 3.8) is 0 Å². The highest BCUT2D eigenvalue weighted by molar-refractivity contribution is 5.79. The summed E-state index contributed by atoms with van der Waals surface area (Å²) in [6, 6.07) is 13.8. The Kier molecular flexibility index (Phi) is 4.75. The zero-order valence-electron chi connectivity index (χ0n) is 16.5. The van der Waals surface area contributed by atoms with E-state index >= 15 is 0 Å². The lowest BCUT2D eigenvalue weighted by atomic mass is 9.76. The molecule has 7 heteroatoms. The lowest BCUT2D eigenvalue weighted by Gasteiger charge is -2.31. The van der Waals surface area contributed by atoms with Gasteiger partial charge in [0.2, 0.25) is 0 Å². The van der Waals surface area contributed by atoms with Crippen molar-refractivity contribution in [3.8, 4) is 11.4 Å². The summed E-state index contributed by atoms with van der Waals surface area (Å²) in [5, 5.41) is 13.3. The molecule has 1 fully saturated rings. The number of nitrogens with zero attached hydrogens (tertiary/aromatic N) is 5. The van der Waals surface area contributed by atoms with Gasteiger partial charge in [-0.3, -0.25) is 4.79 Å². The number of carbonyl (C=O) groups excluding carboxylic acids is 1. The van der Waals surface area contributed by atoms with Crippen LogP contribution in [0.25, 0.3) is 17.0 Å². The Hall–Kier alpha value is -2.96. The van der Waals surface area contributed by atoms with Crippen LogP contribution in [0.5, 0.6) is 0 Å². The molecule has 0 radical (unpaired) electrons. The van der Waals surface area contributed by atoms with Gasteiger partial charge in [0.05, 0.1) is 12.0 Å². The number of fused-ring (bicyclic) bond motifs is 1. The van der Waals surface area contributed by atoms with E-state index in [1.54, 1.807) is 4.52 Å². The average Bonchev–Trinajstić information content (AvgIpc) is 3.34. The van der Waals surface area contributed by atoms with Crippen molar-refractivity contribution in [2.24, 2.45) is 11.3 Å². The highest BCUT2D eigenvalue weighted by atomic mass is 16.5. The highest BCUT2D eigenvalue weighted by Crippen LogP contribution is 2.40. The molecule has 0 aliphatic carbocycles. The van der Waals surface area contributed by atoms with Gasteiger partial charge in [0, 0.05) is 18.7 Å². The van der Waals surface area contributed by atoms with Crippen LogP contribution in [-0.4, -0.2) is 45.5 Å². The number of ether oxygens (including phenoxy) is 1. The molecule has 28 heavy (non-hydrogen) atoms. The maximum Gasteiger partial charge on any atom is 0.314 e. The topological polar surface area (TPSA) is 72.6 Å². The molecule has 0 amide bonds. The number of carbonyl (C=O) groups is 1. The van der Waals surface area contributed by atoms with Crippen molar-refractivity contribution in [1.29, 1.82) is 0 Å². The smallest absolute Gasteiger partial charge is 0.314 e. The molecule has 0 spiro atoms. The molecule has 1 aliphatic heterocycles. The fraction of sp³-hybridized carbons (Fsp3) is 0.429. The predicted molar refractivity (Wildman–Crippen MR) is 107 cm³/mol. The molecule has 146 valence electrons. The number of rotatable bonds is 5. The molecule has 1 aliphatic rings. The van der Waals surface area contributed by atoms with Crippen LogP contribution in [0.4, 0.5) is 5.82 Å². The first-order valence-corrected chi connectivity index (χ1v) is 9.75. The van der Waals surface area contributed by atoms with Gasteiger partial charge in [-0.2, -0.15) is 4.52 Å². The van der Waals surface area contributed by atoms with E-state index in [1.807, 2.05) is 49.4 Å². The Balaban J connectivity index is 1.68. The molecule has 1 aromatic carbocycles. The third-order valence-corrected chi connectivity index (χ3v) is 5.69. The van der Waals surface area contributed by atoms with Crippen molar-refractivity contribution in [3.05, 3.63) is 42.5 Å². The number of hydrogen-bond donors (Lipinski definition) is 0. The van der Waals surface area contributed by atoms with E-state index in [0.717, 1.165) is 24.3 Å². The maximum atomic E-state index is 12.7. The van der Waals surface area contributed by atoms with Crippen LogP contribution in [0.15, 0.2) is 42.5 Å². The van der Waals surface area contributed by atoms with E-state index in [9.17, 15) is 4.79 Å². The summed E-state index contributed by atoms with van der Waals surface area (Å²) in [5.41, 5.74) is 1.16. The molecule has 0 bridgehead atoms. The normalized spacial score (nSPS) is 19.5. The number of benzene rings is 1. The van der Waals surface area contributed by atoms with E-state index in [4.69, 9.17) is 9.84 Å². The molecule has 0 N–H and O–H groups in total. The molecular weight excluding hydrogens is 354 g/mol. The molecule has 1 unspecified atom stereocenters. The number of esters is 1. The lowest BCUT2D eigenvalue weighted by molar-refractivity contribution is -0.156. The van der Waals surface area contributed by atoms with Gasteiger partial charge in [-0.05, 0) is 31.4 Å². The summed E-state index contributed by atoms with van der Waals surface area (Å²) < 4.78 is 7.17. The van der Waals surface area contributed by atoms with E-state index in [2.05, 4.69) is 28.9 Å². The minimum absolute atomic E-state index is 0.108. The Morgan fingerprint density at radius 3 is 2.68 bits per heavy atom. The summed E-state index contributed by atoms with van der Waals surface area (Å²) in [4.78, 5) is 14.9. The maximum absolute atomic E-state index is 12.7. The highest BCUT2D eigenvalue weighted by Gasteiger charge is 2.48. The van der Waals surface area contributed by atoms with E-state index < -0.39 is 5.41 Å². The van der Waals surface area contributed by atoms with E-state index in [-0.39, 0.29) is 11.9 Å². The molecule has 7 nitrogen and oxygen atoms in total. The van der Waals surface area contributed by atoms with Crippen LogP contribution < -0.4 is 4.90 Å². The Morgan fingerprint density at radius 2 is 1.96 bits per heavy atom. The number of anilines is 1. The van der Waals surface area contributed by atoms with Gasteiger partial charge in [0.25, 0.3) is 0 Å². The fourth-order valence-corrected chi connectivity index (χ4v) is 3.89. The summed E-state index contributed by atoms with van der Waals surface area (Å²) in [6.45, 7) is 7.79. The number of aromatic nitrogens is 4. The van der Waals surface area contributed by atoms with Crippen molar-refractivity contribution in [1.82, 2.24) is 19.8 Å². The Labute approximate surface area is 164 Å². The third kappa shape index (κ3) is 3.00. The monoisotopic (exact) mass is 379 g/mol. The lowest BCUT2D eigenvalue weighted by Crippen LogP contribution is -2.40. The van der Waals surface area contributed by atoms with Gasteiger partial charge in [-0.25, -0.2) is 0 Å². The second-order valence-corrected chi connectivity index (χ2v) is 7.55. The van der Waals surface area contributed by atoms with Crippen LogP contribution in [0.1, 0.15) is 27.2 Å². The molecule has 1 saturated heterocycles. The van der Waals surface area contributed by atoms with Crippen molar-refractivity contribution in [2.45, 2.75) is 27.2 Å². The Bertz CT molecular complexity index is 985. The molecule has 3 heterocycles. The summed E-state index contributed by atoms with van der Waals surface area (Å²) in [7, 11) is 0. The van der Waals surface area contributed by atoms with Gasteiger partial charge in [-0.1, -0.05) is 44.2 Å². The first-order valence-electron chi connectivity index (χ1n) is 9.75. The zero-order valence-corrected chi connectivity index (χ0v) is 16.5. The van der Waals surface area contributed by atoms with Gasteiger partial charge < -0.3 is 9.64 Å². The van der Waals surface area contributed by atoms with Crippen molar-refractivity contribution >= 4 is 17.4 Å². The molecule has 0 saturated carbocycles. The molecule has 1 atom stereocenters. The first-order chi connectivity index (χ1) is 13.5. The first kappa shape index (κ1) is 18.4. The molecule has 2 aromatic heterocycles. The number of hydrogen-bond acceptors (Lipinski definition) is 6. The van der Waals surface area contributed by atoms with Crippen LogP contribution in [0.3, 0.4) is 0 Å². The Morgan fingerprint density at radius 1 is 1.18 bits per heavy atom. The van der Waals surface area contributed by atoms with Crippen molar-refractivity contribution in [2.75, 3.05) is 24.6 Å². The van der Waals surface area contributed by atoms with Gasteiger partial charge in [0.1, 0.15) is 5.82 Å². The summed E-state index contributed by atoms with van der Waals surface area (Å²) >= 11 is 0. The predicted octanol–water partition coefficient (Wildman–Crippen LogP) is 3.21. The van der Waals surface area contributed by atoms with Gasteiger partial charge >= 0.3 is 5.97 Å². The summed E-state index contributed by atoms with van der Waals surface area (Å²) in [5.74, 6) is 1.60. The standard InChI is InChI=1S/C21H25N5O2/c1-4-28-20(27)21(15(2)3)12-13-25(14-21)18-11-10-17-22-23-19(26(17)24-18)16-8-6-5-7-9-16/h5-11,15H,4,12-14H2,1-3H3. The minimum Gasteiger partial charge on any atom is -0.466 e. The van der Waals surface area contributed by atoms with Crippen LogP contribution in [0, 0.1) is 11.3 Å². The average molecular weight is 379 g/mol. The van der Waals surface area contributed by atoms with Crippen LogP contribution in [0.2, 0.25) is 0 Å². The fourth-order valence-electron chi connectivity index (χ4n) is 3.89. The SMILES string of the molecule is CCOC(=O)C1(C(C)C)CCN(c2ccc3nnc(-c4ccccc4)n3n2)C1. The zero-order chi connectivity index (χ0) is 19.7. The third-order valence-electron chi connectivity index (χ3n) is 5.69. The molecular formula is C21H25N5O2. The second-order valence-electron chi connectivity index (χ2n) is 7.55. The van der Waals surface area contributed by atoms with Crippen molar-refractivity contribution < 1.29 is 9.53 Å². The van der Waals surface area contributed by atoms with Crippen LogP contribution in [-0.2, 0) is 9.53 Å². The largest absolute Gasteiger partial charge is 0.466 e. The van der Waals surface area contributed by atoms with E-state index in [0.29, 0.717) is 24.6 Å². The molecule has 4 rings (SSSR count). The summed E-state index contributed by atoms with van der Waals surface area (Å²) in [6.07, 6.45) is 0.761. The van der Waals surface area contributed by atoms with E-state index in [1.165, 1.54) is 0 Å². The van der Waals surface area contributed by atoms with Crippen LogP contribution >= 0.6 is 0 Å². The van der Waals surface area contributed by atoms with Gasteiger partial charge in [-0.15, -0.1) is 15.3 Å². The van der Waals surface area contributed by atoms with Gasteiger partial charge in [0.15, 0.2) is 11.5 Å². The quantitative estimate of drug-likeness (QED) is 0.634. The minimum atomic E-state index is -0.498. The second kappa shape index (κ2) is 7.22. The molecule has 3 aromatic rings.